The average molecular weight is 451 g/mol. The number of nitrogens with one attached hydrogen (secondary N) is 1. The lowest BCUT2D eigenvalue weighted by molar-refractivity contribution is 0.103. The van der Waals surface area contributed by atoms with Crippen LogP contribution in [0.1, 0.15) is 20.8 Å². The van der Waals surface area contributed by atoms with E-state index >= 15 is 0 Å². The number of thiophene rings is 1. The average Bonchev–Trinajstić information content (AvgIpc) is 3.17. The van der Waals surface area contributed by atoms with Crippen LogP contribution in [0.3, 0.4) is 0 Å². The molecular formula is C24H22N2O3S2. The van der Waals surface area contributed by atoms with Gasteiger partial charge < -0.3 is 5.32 Å². The van der Waals surface area contributed by atoms with Crippen molar-refractivity contribution < 1.29 is 13.2 Å². The minimum absolute atomic E-state index is 0.184. The summed E-state index contributed by atoms with van der Waals surface area (Å²) >= 11 is 1.38. The Hall–Kier alpha value is -3.16. The van der Waals surface area contributed by atoms with Crippen molar-refractivity contribution in [2.75, 3.05) is 15.9 Å². The van der Waals surface area contributed by atoms with E-state index in [2.05, 4.69) is 5.32 Å². The molecule has 0 saturated carbocycles. The first-order valence-electron chi connectivity index (χ1n) is 9.73. The highest BCUT2D eigenvalue weighted by atomic mass is 32.2. The van der Waals surface area contributed by atoms with E-state index in [1.54, 1.807) is 12.1 Å². The standard InChI is InChI=1S/C24H22N2O3S2/c1-17-8-10-20(11-9-17)25-24(27)23-15-19-14-21(12-13-22(19)30-23)26(31(2,28)29)16-18-6-4-3-5-7-18/h3-15H,16H2,1-2H3,(H,25,27). The Labute approximate surface area is 186 Å². The van der Waals surface area contributed by atoms with Crippen LogP contribution in [0.2, 0.25) is 0 Å². The van der Waals surface area contributed by atoms with Gasteiger partial charge in [-0.1, -0.05) is 48.0 Å². The molecule has 0 radical (unpaired) electrons. The van der Waals surface area contributed by atoms with Crippen LogP contribution in [0.15, 0.2) is 78.9 Å². The first kappa shape index (κ1) is 21.1. The lowest BCUT2D eigenvalue weighted by Crippen LogP contribution is -2.29. The minimum Gasteiger partial charge on any atom is -0.321 e. The second-order valence-corrected chi connectivity index (χ2v) is 10.4. The zero-order valence-electron chi connectivity index (χ0n) is 17.2. The van der Waals surface area contributed by atoms with E-state index in [4.69, 9.17) is 0 Å². The molecule has 0 aliphatic rings. The molecule has 3 aromatic carbocycles. The van der Waals surface area contributed by atoms with Crippen LogP contribution < -0.4 is 9.62 Å². The lowest BCUT2D eigenvalue weighted by atomic mass is 10.2. The highest BCUT2D eigenvalue weighted by Gasteiger charge is 2.19. The first-order chi connectivity index (χ1) is 14.8. The monoisotopic (exact) mass is 450 g/mol. The third-order valence-electron chi connectivity index (χ3n) is 4.89. The van der Waals surface area contributed by atoms with Gasteiger partial charge in [0.1, 0.15) is 0 Å². The minimum atomic E-state index is -3.48. The highest BCUT2D eigenvalue weighted by molar-refractivity contribution is 7.92. The number of anilines is 2. The van der Waals surface area contributed by atoms with E-state index < -0.39 is 10.0 Å². The van der Waals surface area contributed by atoms with Gasteiger partial charge in [0.15, 0.2) is 0 Å². The quantitative estimate of drug-likeness (QED) is 0.426. The summed E-state index contributed by atoms with van der Waals surface area (Å²) in [7, 11) is -3.48. The van der Waals surface area contributed by atoms with Crippen LogP contribution in [0.5, 0.6) is 0 Å². The van der Waals surface area contributed by atoms with Gasteiger partial charge in [0.2, 0.25) is 10.0 Å². The van der Waals surface area contributed by atoms with Gasteiger partial charge in [-0.2, -0.15) is 0 Å². The van der Waals surface area contributed by atoms with Gasteiger partial charge in [-0.3, -0.25) is 9.10 Å². The van der Waals surface area contributed by atoms with E-state index in [1.165, 1.54) is 21.9 Å². The maximum Gasteiger partial charge on any atom is 0.265 e. The molecule has 1 amide bonds. The maximum absolute atomic E-state index is 12.7. The predicted molar refractivity (Wildman–Crippen MR) is 128 cm³/mol. The third kappa shape index (κ3) is 4.95. The number of sulfonamides is 1. The molecular weight excluding hydrogens is 428 g/mol. The molecule has 1 heterocycles. The van der Waals surface area contributed by atoms with Gasteiger partial charge in [0, 0.05) is 10.4 Å². The molecule has 31 heavy (non-hydrogen) atoms. The summed E-state index contributed by atoms with van der Waals surface area (Å²) in [4.78, 5) is 13.3. The third-order valence-corrected chi connectivity index (χ3v) is 7.15. The van der Waals surface area contributed by atoms with E-state index in [-0.39, 0.29) is 12.5 Å². The van der Waals surface area contributed by atoms with Gasteiger partial charge in [-0.15, -0.1) is 11.3 Å². The largest absolute Gasteiger partial charge is 0.321 e. The summed E-state index contributed by atoms with van der Waals surface area (Å²) in [6.45, 7) is 2.24. The number of nitrogens with zero attached hydrogens (tertiary/aromatic N) is 1. The number of carbonyl (C=O) groups excluding carboxylic acids is 1. The lowest BCUT2D eigenvalue weighted by Gasteiger charge is -2.22. The zero-order valence-corrected chi connectivity index (χ0v) is 18.8. The molecule has 0 aliphatic heterocycles. The van der Waals surface area contributed by atoms with Crippen LogP contribution in [0.25, 0.3) is 10.1 Å². The molecule has 0 fully saturated rings. The smallest absolute Gasteiger partial charge is 0.265 e. The Morgan fingerprint density at radius 2 is 1.68 bits per heavy atom. The van der Waals surface area contributed by atoms with Crippen molar-refractivity contribution in [3.05, 3.63) is 94.9 Å². The van der Waals surface area contributed by atoms with Gasteiger partial charge in [-0.25, -0.2) is 8.42 Å². The van der Waals surface area contributed by atoms with Gasteiger partial charge >= 0.3 is 0 Å². The molecule has 0 aliphatic carbocycles. The molecule has 0 bridgehead atoms. The predicted octanol–water partition coefficient (Wildman–Crippen LogP) is 5.43. The van der Waals surface area contributed by atoms with E-state index in [0.717, 1.165) is 26.9 Å². The topological polar surface area (TPSA) is 66.5 Å². The van der Waals surface area contributed by atoms with Crippen molar-refractivity contribution in [2.45, 2.75) is 13.5 Å². The summed E-state index contributed by atoms with van der Waals surface area (Å²) in [6.07, 6.45) is 1.20. The fourth-order valence-electron chi connectivity index (χ4n) is 3.28. The number of benzene rings is 3. The van der Waals surface area contributed by atoms with Gasteiger partial charge in [0.05, 0.1) is 23.4 Å². The summed E-state index contributed by atoms with van der Waals surface area (Å²) in [5, 5.41) is 3.74. The number of fused-ring (bicyclic) bond motifs is 1. The van der Waals surface area contributed by atoms with Gasteiger partial charge in [0.25, 0.3) is 5.91 Å². The number of carbonyl (C=O) groups is 1. The van der Waals surface area contributed by atoms with E-state index in [9.17, 15) is 13.2 Å². The first-order valence-corrected chi connectivity index (χ1v) is 12.4. The van der Waals surface area contributed by atoms with Crippen molar-refractivity contribution in [1.29, 1.82) is 0 Å². The van der Waals surface area contributed by atoms with Crippen molar-refractivity contribution in [2.24, 2.45) is 0 Å². The maximum atomic E-state index is 12.7. The molecule has 4 aromatic rings. The highest BCUT2D eigenvalue weighted by Crippen LogP contribution is 2.31. The molecule has 7 heteroatoms. The second-order valence-electron chi connectivity index (χ2n) is 7.41. The Kier molecular flexibility index (Phi) is 5.80. The summed E-state index contributed by atoms with van der Waals surface area (Å²) < 4.78 is 27.3. The van der Waals surface area contributed by atoms with Crippen LogP contribution in [0, 0.1) is 6.92 Å². The number of amides is 1. The molecule has 1 aromatic heterocycles. The molecule has 5 nitrogen and oxygen atoms in total. The van der Waals surface area contributed by atoms with Crippen molar-refractivity contribution in [3.8, 4) is 0 Å². The van der Waals surface area contributed by atoms with E-state index in [1.807, 2.05) is 73.7 Å². The number of rotatable bonds is 6. The molecule has 1 N–H and O–H groups in total. The molecule has 0 unspecified atom stereocenters. The van der Waals surface area contributed by atoms with Crippen LogP contribution in [-0.4, -0.2) is 20.6 Å². The molecule has 0 spiro atoms. The van der Waals surface area contributed by atoms with Gasteiger partial charge in [-0.05, 0) is 54.3 Å². The Bertz CT molecular complexity index is 1330. The number of hydrogen-bond donors (Lipinski definition) is 1. The van der Waals surface area contributed by atoms with Crippen LogP contribution in [0.4, 0.5) is 11.4 Å². The SMILES string of the molecule is Cc1ccc(NC(=O)c2cc3cc(N(Cc4ccccc4)S(C)(=O)=O)ccc3s2)cc1. The second kappa shape index (κ2) is 8.53. The molecule has 0 saturated heterocycles. The Balaban J connectivity index is 1.62. The van der Waals surface area contributed by atoms with E-state index in [0.29, 0.717) is 10.6 Å². The Morgan fingerprint density at radius 1 is 0.968 bits per heavy atom. The molecule has 4 rings (SSSR count). The zero-order chi connectivity index (χ0) is 22.0. The summed E-state index contributed by atoms with van der Waals surface area (Å²) in [5.41, 5.74) is 3.33. The van der Waals surface area contributed by atoms with Crippen LogP contribution in [-0.2, 0) is 16.6 Å². The number of hydrogen-bond acceptors (Lipinski definition) is 4. The number of aryl methyl sites for hydroxylation is 1. The normalized spacial score (nSPS) is 11.4. The fourth-order valence-corrected chi connectivity index (χ4v) is 5.10. The van der Waals surface area contributed by atoms with Crippen molar-refractivity contribution in [3.63, 3.8) is 0 Å². The van der Waals surface area contributed by atoms with Crippen molar-refractivity contribution >= 4 is 48.7 Å². The molecule has 158 valence electrons. The van der Waals surface area contributed by atoms with Crippen molar-refractivity contribution in [1.82, 2.24) is 0 Å². The summed E-state index contributed by atoms with van der Waals surface area (Å²) in [6, 6.07) is 24.4. The van der Waals surface area contributed by atoms with Crippen LogP contribution >= 0.6 is 11.3 Å². The molecule has 0 atom stereocenters. The Morgan fingerprint density at radius 3 is 2.35 bits per heavy atom. The fraction of sp³-hybridized carbons (Fsp3) is 0.125. The summed E-state index contributed by atoms with van der Waals surface area (Å²) in [5.74, 6) is -0.184.